The Morgan fingerprint density at radius 1 is 1.08 bits per heavy atom. The molecule has 13 heavy (non-hydrogen) atoms. The third-order valence-electron chi connectivity index (χ3n) is 2.11. The van der Waals surface area contributed by atoms with Crippen molar-refractivity contribution in [3.05, 3.63) is 11.4 Å². The van der Waals surface area contributed by atoms with Crippen LogP contribution in [0.5, 0.6) is 0 Å². The van der Waals surface area contributed by atoms with E-state index in [0.717, 1.165) is 12.8 Å². The number of unbranched alkanes of at least 4 members (excludes halogenated alkanes) is 7. The lowest BCUT2D eigenvalue weighted by Crippen LogP contribution is -1.78. The molecule has 0 nitrogen and oxygen atoms in total. The van der Waals surface area contributed by atoms with Crippen LogP contribution in [0.4, 0.5) is 4.39 Å². The van der Waals surface area contributed by atoms with Crippen molar-refractivity contribution in [2.45, 2.75) is 58.3 Å². The standard InChI is InChI=1S/C11H20ClF/c1-2-3-4-5-6-7-8-9-10-11(12)13/h10H,2-9H2,1H3. The van der Waals surface area contributed by atoms with Crippen molar-refractivity contribution in [3.63, 3.8) is 0 Å². The third-order valence-corrected chi connectivity index (χ3v) is 2.26. The fraction of sp³-hybridized carbons (Fsp3) is 0.818. The summed E-state index contributed by atoms with van der Waals surface area (Å²) in [6.45, 7) is 2.22. The molecule has 0 aliphatic carbocycles. The smallest absolute Gasteiger partial charge is 0.185 e. The minimum Gasteiger partial charge on any atom is -0.194 e. The summed E-state index contributed by atoms with van der Waals surface area (Å²) < 4.78 is 12.0. The molecule has 0 saturated heterocycles. The average molecular weight is 207 g/mol. The Hall–Kier alpha value is -0.0400. The zero-order valence-corrected chi connectivity index (χ0v) is 9.25. The zero-order valence-electron chi connectivity index (χ0n) is 8.49. The minimum absolute atomic E-state index is 0.564. The second-order valence-electron chi connectivity index (χ2n) is 3.40. The van der Waals surface area contributed by atoms with Gasteiger partial charge in [0.2, 0.25) is 0 Å². The molecule has 0 amide bonds. The van der Waals surface area contributed by atoms with Crippen molar-refractivity contribution in [2.75, 3.05) is 0 Å². The fourth-order valence-corrected chi connectivity index (χ4v) is 1.42. The summed E-state index contributed by atoms with van der Waals surface area (Å²) in [5, 5.41) is -0.564. The maximum atomic E-state index is 12.0. The van der Waals surface area contributed by atoms with Gasteiger partial charge in [-0.3, -0.25) is 0 Å². The second-order valence-corrected chi connectivity index (χ2v) is 3.76. The van der Waals surface area contributed by atoms with E-state index in [-0.39, 0.29) is 0 Å². The van der Waals surface area contributed by atoms with Crippen LogP contribution in [0.1, 0.15) is 58.3 Å². The average Bonchev–Trinajstić information content (AvgIpc) is 2.09. The molecule has 0 aromatic rings. The van der Waals surface area contributed by atoms with E-state index in [1.54, 1.807) is 0 Å². The van der Waals surface area contributed by atoms with E-state index < -0.39 is 5.29 Å². The highest BCUT2D eigenvalue weighted by Crippen LogP contribution is 2.10. The highest BCUT2D eigenvalue weighted by Gasteiger charge is 1.90. The van der Waals surface area contributed by atoms with Gasteiger partial charge in [-0.05, 0) is 18.9 Å². The van der Waals surface area contributed by atoms with Crippen LogP contribution in [0.15, 0.2) is 11.4 Å². The van der Waals surface area contributed by atoms with Gasteiger partial charge in [-0.2, -0.15) is 4.39 Å². The second kappa shape index (κ2) is 10.0. The van der Waals surface area contributed by atoms with Crippen molar-refractivity contribution < 1.29 is 4.39 Å². The minimum atomic E-state index is -0.564. The van der Waals surface area contributed by atoms with E-state index in [1.807, 2.05) is 0 Å². The molecule has 0 N–H and O–H groups in total. The summed E-state index contributed by atoms with van der Waals surface area (Å²) in [5.41, 5.74) is 0. The lowest BCUT2D eigenvalue weighted by atomic mass is 10.1. The Labute approximate surface area is 86.2 Å². The number of allylic oxidation sites excluding steroid dienone is 1. The molecular weight excluding hydrogens is 187 g/mol. The maximum Gasteiger partial charge on any atom is 0.185 e. The van der Waals surface area contributed by atoms with Gasteiger partial charge >= 0.3 is 0 Å². The first-order valence-corrected chi connectivity index (χ1v) is 5.66. The molecule has 0 aliphatic rings. The van der Waals surface area contributed by atoms with Gasteiger partial charge < -0.3 is 0 Å². The van der Waals surface area contributed by atoms with Crippen LogP contribution < -0.4 is 0 Å². The molecule has 0 rings (SSSR count). The monoisotopic (exact) mass is 206 g/mol. The lowest BCUT2D eigenvalue weighted by molar-refractivity contribution is 0.589. The number of rotatable bonds is 8. The Kier molecular flexibility index (Phi) is 10.0. The van der Waals surface area contributed by atoms with E-state index in [0.29, 0.717) is 0 Å². The molecule has 0 aliphatic heterocycles. The van der Waals surface area contributed by atoms with Gasteiger partial charge in [0.15, 0.2) is 5.29 Å². The first-order chi connectivity index (χ1) is 6.27. The van der Waals surface area contributed by atoms with Crippen LogP contribution in [-0.2, 0) is 0 Å². The molecule has 0 heterocycles. The third kappa shape index (κ3) is 12.0. The lowest BCUT2D eigenvalue weighted by Gasteiger charge is -1.98. The van der Waals surface area contributed by atoms with Crippen LogP contribution >= 0.6 is 11.6 Å². The van der Waals surface area contributed by atoms with Crippen LogP contribution in [0.2, 0.25) is 0 Å². The molecule has 2 heteroatoms. The Bertz CT molecular complexity index is 128. The van der Waals surface area contributed by atoms with Crippen molar-refractivity contribution in [3.8, 4) is 0 Å². The van der Waals surface area contributed by atoms with Gasteiger partial charge in [-0.1, -0.05) is 57.0 Å². The first-order valence-electron chi connectivity index (χ1n) is 5.28. The summed E-state index contributed by atoms with van der Waals surface area (Å²) in [6, 6.07) is 0. The van der Waals surface area contributed by atoms with E-state index in [1.165, 1.54) is 44.6 Å². The predicted molar refractivity (Wildman–Crippen MR) is 57.7 cm³/mol. The van der Waals surface area contributed by atoms with Gasteiger partial charge in [0.1, 0.15) is 0 Å². The topological polar surface area (TPSA) is 0 Å². The molecule has 0 bridgehead atoms. The molecule has 0 unspecified atom stereocenters. The van der Waals surface area contributed by atoms with Gasteiger partial charge in [-0.25, -0.2) is 0 Å². The largest absolute Gasteiger partial charge is 0.194 e. The van der Waals surface area contributed by atoms with Gasteiger partial charge in [-0.15, -0.1) is 0 Å². The molecule has 0 spiro atoms. The quantitative estimate of drug-likeness (QED) is 0.481. The van der Waals surface area contributed by atoms with Crippen LogP contribution in [0, 0.1) is 0 Å². The zero-order chi connectivity index (χ0) is 9.94. The molecule has 0 radical (unpaired) electrons. The van der Waals surface area contributed by atoms with E-state index in [2.05, 4.69) is 6.92 Å². The van der Waals surface area contributed by atoms with Crippen molar-refractivity contribution in [1.29, 1.82) is 0 Å². The SMILES string of the molecule is CCCCCCCCCC=C(F)Cl. The summed E-state index contributed by atoms with van der Waals surface area (Å²) in [6.07, 6.45) is 11.1. The maximum absolute atomic E-state index is 12.0. The highest BCUT2D eigenvalue weighted by atomic mass is 35.5. The normalized spacial score (nSPS) is 12.1. The van der Waals surface area contributed by atoms with E-state index in [4.69, 9.17) is 11.6 Å². The molecule has 78 valence electrons. The summed E-state index contributed by atoms with van der Waals surface area (Å²) in [4.78, 5) is 0. The molecule has 0 saturated carbocycles. The Balaban J connectivity index is 2.96. The van der Waals surface area contributed by atoms with Crippen molar-refractivity contribution in [2.24, 2.45) is 0 Å². The number of halogens is 2. The molecule has 0 fully saturated rings. The fourth-order valence-electron chi connectivity index (χ4n) is 1.31. The molecule has 0 aromatic carbocycles. The number of hydrogen-bond donors (Lipinski definition) is 0. The van der Waals surface area contributed by atoms with Gasteiger partial charge in [0.25, 0.3) is 0 Å². The van der Waals surface area contributed by atoms with Crippen LogP contribution in [0.25, 0.3) is 0 Å². The van der Waals surface area contributed by atoms with Gasteiger partial charge in [0, 0.05) is 0 Å². The number of hydrogen-bond acceptors (Lipinski definition) is 0. The Morgan fingerprint density at radius 3 is 2.15 bits per heavy atom. The Morgan fingerprint density at radius 2 is 1.62 bits per heavy atom. The van der Waals surface area contributed by atoms with E-state index >= 15 is 0 Å². The van der Waals surface area contributed by atoms with Crippen LogP contribution in [0.3, 0.4) is 0 Å². The van der Waals surface area contributed by atoms with Crippen LogP contribution in [-0.4, -0.2) is 0 Å². The highest BCUT2D eigenvalue weighted by molar-refractivity contribution is 6.28. The predicted octanol–water partition coefficient (Wildman–Crippen LogP) is 5.18. The van der Waals surface area contributed by atoms with Crippen molar-refractivity contribution in [1.82, 2.24) is 0 Å². The van der Waals surface area contributed by atoms with E-state index in [9.17, 15) is 4.39 Å². The first kappa shape index (κ1) is 13.0. The summed E-state index contributed by atoms with van der Waals surface area (Å²) >= 11 is 5.05. The molecule has 0 aromatic heterocycles. The summed E-state index contributed by atoms with van der Waals surface area (Å²) in [5.74, 6) is 0. The summed E-state index contributed by atoms with van der Waals surface area (Å²) in [7, 11) is 0. The van der Waals surface area contributed by atoms with Crippen molar-refractivity contribution >= 4 is 11.6 Å². The molecule has 0 atom stereocenters. The molecular formula is C11H20ClF. The van der Waals surface area contributed by atoms with Gasteiger partial charge in [0.05, 0.1) is 0 Å².